The van der Waals surface area contributed by atoms with Crippen LogP contribution in [0, 0.1) is 5.82 Å². The molecule has 0 radical (unpaired) electrons. The van der Waals surface area contributed by atoms with Crippen molar-refractivity contribution in [3.63, 3.8) is 0 Å². The number of nitrogens with zero attached hydrogens (tertiary/aromatic N) is 4. The zero-order valence-electron chi connectivity index (χ0n) is 39.8. The van der Waals surface area contributed by atoms with Gasteiger partial charge in [0.15, 0.2) is 0 Å². The molecule has 0 atom stereocenters. The minimum Gasteiger partial charge on any atom is -0.495 e. The van der Waals surface area contributed by atoms with Crippen molar-refractivity contribution in [3.05, 3.63) is 175 Å². The highest BCUT2D eigenvalue weighted by Gasteiger charge is 2.31. The lowest BCUT2D eigenvalue weighted by Crippen LogP contribution is -2.35. The first-order valence-electron chi connectivity index (χ1n) is 23.7. The fourth-order valence-electron chi connectivity index (χ4n) is 8.75. The number of alkyl halides is 3. The Bertz CT molecular complexity index is 3200. The van der Waals surface area contributed by atoms with Gasteiger partial charge in [-0.05, 0) is 76.5 Å². The number of para-hydroxylation sites is 2. The molecule has 2 aromatic heterocycles. The van der Waals surface area contributed by atoms with E-state index in [4.69, 9.17) is 19.2 Å². The molecule has 2 aliphatic heterocycles. The number of anilines is 4. The van der Waals surface area contributed by atoms with E-state index in [9.17, 15) is 27.2 Å². The van der Waals surface area contributed by atoms with Gasteiger partial charge in [0.25, 0.3) is 0 Å². The van der Waals surface area contributed by atoms with Crippen molar-refractivity contribution in [1.82, 2.24) is 19.8 Å². The number of hydrogen-bond donors (Lipinski definition) is 4. The number of amides is 4. The normalized spacial score (nSPS) is 14.2. The molecule has 13 nitrogen and oxygen atoms in total. The smallest absolute Gasteiger partial charge is 0.416 e. The maximum atomic E-state index is 14.1. The Morgan fingerprint density at radius 1 is 0.548 bits per heavy atom. The van der Waals surface area contributed by atoms with Gasteiger partial charge in [0, 0.05) is 73.6 Å². The summed E-state index contributed by atoms with van der Waals surface area (Å²) in [7, 11) is 1.58. The molecule has 0 unspecified atom stereocenters. The first kappa shape index (κ1) is 50.0. The van der Waals surface area contributed by atoms with E-state index in [2.05, 4.69) is 54.3 Å². The van der Waals surface area contributed by atoms with Crippen LogP contribution in [0.1, 0.15) is 17.0 Å². The molecule has 6 aromatic carbocycles. The van der Waals surface area contributed by atoms with Crippen LogP contribution < -0.4 is 26.0 Å². The summed E-state index contributed by atoms with van der Waals surface area (Å²) in [6.45, 7) is 8.19. The molecule has 17 heteroatoms. The number of carbonyl (C=O) groups excluding carboxylic acids is 2. The van der Waals surface area contributed by atoms with Gasteiger partial charge in [-0.2, -0.15) is 13.2 Å². The average molecular weight is 993 g/mol. The van der Waals surface area contributed by atoms with E-state index in [0.29, 0.717) is 40.7 Å². The number of halogens is 4. The molecule has 0 bridgehead atoms. The van der Waals surface area contributed by atoms with E-state index in [1.54, 1.807) is 25.3 Å². The molecule has 0 aliphatic carbocycles. The van der Waals surface area contributed by atoms with Gasteiger partial charge in [-0.3, -0.25) is 19.8 Å². The van der Waals surface area contributed by atoms with Crippen LogP contribution in [0.15, 0.2) is 152 Å². The van der Waals surface area contributed by atoms with Crippen molar-refractivity contribution in [2.24, 2.45) is 0 Å². The minimum atomic E-state index is -4.66. The van der Waals surface area contributed by atoms with Crippen LogP contribution >= 0.6 is 0 Å². The van der Waals surface area contributed by atoms with Gasteiger partial charge < -0.3 is 35.5 Å². The highest BCUT2D eigenvalue weighted by Crippen LogP contribution is 2.36. The zero-order chi connectivity index (χ0) is 50.7. The molecule has 374 valence electrons. The van der Waals surface area contributed by atoms with Gasteiger partial charge >= 0.3 is 18.2 Å². The van der Waals surface area contributed by atoms with Gasteiger partial charge in [-0.1, -0.05) is 84.9 Å². The first-order valence-corrected chi connectivity index (χ1v) is 23.7. The third-order valence-corrected chi connectivity index (χ3v) is 12.5. The number of urea groups is 2. The highest BCUT2D eigenvalue weighted by molar-refractivity contribution is 6.11. The van der Waals surface area contributed by atoms with E-state index in [-0.39, 0.29) is 6.03 Å². The maximum absolute atomic E-state index is 14.1. The van der Waals surface area contributed by atoms with Crippen LogP contribution in [0.2, 0.25) is 0 Å². The third kappa shape index (κ3) is 12.6. The fourth-order valence-corrected chi connectivity index (χ4v) is 8.75. The van der Waals surface area contributed by atoms with Crippen LogP contribution in [0.25, 0.3) is 43.8 Å². The Labute approximate surface area is 419 Å². The van der Waals surface area contributed by atoms with E-state index < -0.39 is 29.3 Å². The standard InChI is InChI=1S/C28H24F4N4O2.C28H28N4O3/c29-24-9-6-19(28(30,31)32)15-26(24)35-27(37)34-25-10-8-21(22-3-1-2-4-23(22)25)18-5-7-20(33-16-18)17-36-11-13-38-14-12-36;1-34-27-9-5-4-8-26(27)31-28(33)30-25-13-12-22(23-6-2-3-7-24(23)25)20-10-11-21(29-18-20)19-32-14-16-35-17-15-32/h1-10,15-16H,11-14,17H2,(H2,34,35,37);2-13,18H,14-17,19H2,1H3,(H2,30,31,33). The van der Waals surface area contributed by atoms with Crippen molar-refractivity contribution >= 4 is 56.4 Å². The second kappa shape index (κ2) is 23.1. The molecule has 0 spiro atoms. The Morgan fingerprint density at radius 3 is 1.47 bits per heavy atom. The lowest BCUT2D eigenvalue weighted by atomic mass is 9.98. The number of nitrogens with one attached hydrogen (secondary N) is 4. The van der Waals surface area contributed by atoms with Gasteiger partial charge in [-0.25, -0.2) is 14.0 Å². The lowest BCUT2D eigenvalue weighted by Gasteiger charge is -2.26. The van der Waals surface area contributed by atoms with Crippen molar-refractivity contribution in [1.29, 1.82) is 0 Å². The van der Waals surface area contributed by atoms with Crippen molar-refractivity contribution in [2.75, 3.05) is 81.0 Å². The van der Waals surface area contributed by atoms with Gasteiger partial charge in [0.2, 0.25) is 0 Å². The second-order valence-corrected chi connectivity index (χ2v) is 17.3. The van der Waals surface area contributed by atoms with Crippen molar-refractivity contribution < 1.29 is 41.4 Å². The summed E-state index contributed by atoms with van der Waals surface area (Å²) in [5.74, 6) is -0.370. The lowest BCUT2D eigenvalue weighted by molar-refractivity contribution is -0.137. The van der Waals surface area contributed by atoms with E-state index in [1.165, 1.54) is 0 Å². The minimum absolute atomic E-state index is 0.332. The number of rotatable bonds is 11. The van der Waals surface area contributed by atoms with Gasteiger partial charge in [0.1, 0.15) is 11.6 Å². The molecule has 73 heavy (non-hydrogen) atoms. The number of morpholine rings is 2. The summed E-state index contributed by atoms with van der Waals surface area (Å²) in [6, 6.07) is 39.1. The van der Waals surface area contributed by atoms with E-state index in [1.807, 2.05) is 97.3 Å². The topological polar surface area (TPSA) is 142 Å². The summed E-state index contributed by atoms with van der Waals surface area (Å²) in [5, 5.41) is 14.2. The average Bonchev–Trinajstić information content (AvgIpc) is 3.41. The molecule has 10 rings (SSSR count). The number of hydrogen-bond acceptors (Lipinski definition) is 9. The Kier molecular flexibility index (Phi) is 15.8. The second-order valence-electron chi connectivity index (χ2n) is 17.3. The predicted octanol–water partition coefficient (Wildman–Crippen LogP) is 11.9. The molecule has 4 amide bonds. The number of carbonyl (C=O) groups is 2. The number of fused-ring (bicyclic) bond motifs is 2. The monoisotopic (exact) mass is 992 g/mol. The Balaban J connectivity index is 0.000000180. The third-order valence-electron chi connectivity index (χ3n) is 12.5. The molecule has 0 saturated carbocycles. The molecule has 2 aliphatic rings. The fraction of sp³-hybridized carbons (Fsp3) is 0.214. The number of pyridine rings is 2. The highest BCUT2D eigenvalue weighted by atomic mass is 19.4. The molecule has 2 fully saturated rings. The van der Waals surface area contributed by atoms with Crippen LogP contribution in [-0.4, -0.2) is 91.5 Å². The van der Waals surface area contributed by atoms with Crippen LogP contribution in [0.4, 0.5) is 49.9 Å². The first-order chi connectivity index (χ1) is 35.5. The quantitative estimate of drug-likeness (QED) is 0.0932. The van der Waals surface area contributed by atoms with E-state index in [0.717, 1.165) is 121 Å². The molecular formula is C56H52F4N8O5. The SMILES string of the molecule is COc1ccccc1NC(=O)Nc1ccc(-c2ccc(CN3CCOCC3)nc2)c2ccccc12.O=C(Nc1cc(C(F)(F)F)ccc1F)Nc1ccc(-c2ccc(CN3CCOCC3)nc2)c2ccccc12. The summed E-state index contributed by atoms with van der Waals surface area (Å²) in [5.41, 5.74) is 6.04. The molecular weight excluding hydrogens is 941 g/mol. The van der Waals surface area contributed by atoms with E-state index >= 15 is 0 Å². The van der Waals surface area contributed by atoms with Crippen LogP contribution in [-0.2, 0) is 28.7 Å². The maximum Gasteiger partial charge on any atom is 0.416 e. The summed E-state index contributed by atoms with van der Waals surface area (Å²) in [4.78, 5) is 39.3. The zero-order valence-corrected chi connectivity index (χ0v) is 39.8. The molecule has 2 saturated heterocycles. The largest absolute Gasteiger partial charge is 0.495 e. The summed E-state index contributed by atoms with van der Waals surface area (Å²) >= 11 is 0. The number of ether oxygens (including phenoxy) is 3. The summed E-state index contributed by atoms with van der Waals surface area (Å²) in [6.07, 6.45) is -0.922. The predicted molar refractivity (Wildman–Crippen MR) is 276 cm³/mol. The Hall–Kier alpha value is -7.96. The van der Waals surface area contributed by atoms with Crippen LogP contribution in [0.3, 0.4) is 0 Å². The molecule has 4 N–H and O–H groups in total. The van der Waals surface area contributed by atoms with Gasteiger partial charge in [-0.15, -0.1) is 0 Å². The molecule has 8 aromatic rings. The Morgan fingerprint density at radius 2 is 1.00 bits per heavy atom. The molecule has 4 heterocycles. The van der Waals surface area contributed by atoms with Crippen molar-refractivity contribution in [2.45, 2.75) is 19.3 Å². The van der Waals surface area contributed by atoms with Crippen LogP contribution in [0.5, 0.6) is 5.75 Å². The summed E-state index contributed by atoms with van der Waals surface area (Å²) < 4.78 is 69.2. The van der Waals surface area contributed by atoms with Gasteiger partial charge in [0.05, 0.1) is 73.2 Å². The number of methoxy groups -OCH3 is 1. The number of aromatic nitrogens is 2. The number of benzene rings is 6. The van der Waals surface area contributed by atoms with Crippen molar-refractivity contribution in [3.8, 4) is 28.0 Å².